The third-order valence-corrected chi connectivity index (χ3v) is 2.57. The average Bonchev–Trinajstić information content (AvgIpc) is 2.27. The minimum absolute atomic E-state index is 0.0373. The van der Waals surface area contributed by atoms with Crippen LogP contribution < -0.4 is 5.32 Å². The predicted molar refractivity (Wildman–Crippen MR) is 69.1 cm³/mol. The molecule has 92 valence electrons. The smallest absolute Gasteiger partial charge is 0.224 e. The van der Waals surface area contributed by atoms with Crippen molar-refractivity contribution in [2.24, 2.45) is 0 Å². The molecule has 3 heteroatoms. The highest BCUT2D eigenvalue weighted by atomic mass is 16.2. The van der Waals surface area contributed by atoms with Gasteiger partial charge in [-0.1, -0.05) is 26.0 Å². The van der Waals surface area contributed by atoms with Crippen molar-refractivity contribution >= 4 is 17.4 Å². The third kappa shape index (κ3) is 4.81. The van der Waals surface area contributed by atoms with E-state index in [0.29, 0.717) is 12.3 Å². The summed E-state index contributed by atoms with van der Waals surface area (Å²) < 4.78 is 0. The van der Waals surface area contributed by atoms with Gasteiger partial charge in [-0.25, -0.2) is 0 Å². The largest absolute Gasteiger partial charge is 0.326 e. The summed E-state index contributed by atoms with van der Waals surface area (Å²) in [4.78, 5) is 22.2. The fourth-order valence-corrected chi connectivity index (χ4v) is 1.46. The van der Waals surface area contributed by atoms with Crippen LogP contribution in [0.1, 0.15) is 45.1 Å². The van der Waals surface area contributed by atoms with Crippen molar-refractivity contribution in [2.75, 3.05) is 5.32 Å². The molecule has 1 rings (SSSR count). The molecule has 0 aliphatic carbocycles. The Balaban J connectivity index is 2.51. The molecule has 0 unspecified atom stereocenters. The number of hydrogen-bond donors (Lipinski definition) is 1. The van der Waals surface area contributed by atoms with E-state index in [2.05, 4.69) is 19.2 Å². The minimum atomic E-state index is -0.113. The molecule has 0 fully saturated rings. The molecule has 0 aromatic heterocycles. The van der Waals surface area contributed by atoms with Crippen LogP contribution in [0.15, 0.2) is 24.3 Å². The van der Waals surface area contributed by atoms with E-state index in [1.807, 2.05) is 24.3 Å². The van der Waals surface area contributed by atoms with E-state index in [9.17, 15) is 9.59 Å². The number of carbonyl (C=O) groups excluding carboxylic acids is 2. The molecule has 0 spiro atoms. The summed E-state index contributed by atoms with van der Waals surface area (Å²) in [7, 11) is 0. The maximum atomic E-state index is 11.5. The maximum Gasteiger partial charge on any atom is 0.224 e. The van der Waals surface area contributed by atoms with E-state index >= 15 is 0 Å². The molecule has 0 heterocycles. The van der Waals surface area contributed by atoms with E-state index in [4.69, 9.17) is 0 Å². The van der Waals surface area contributed by atoms with Gasteiger partial charge in [0.05, 0.1) is 0 Å². The number of Topliss-reactive ketones (excluding diaryl/α,β-unsaturated/α-hetero) is 1. The summed E-state index contributed by atoms with van der Waals surface area (Å²) in [6.07, 6.45) is 0.553. The van der Waals surface area contributed by atoms with Gasteiger partial charge in [0.2, 0.25) is 5.91 Å². The average molecular weight is 233 g/mol. The second kappa shape index (κ2) is 6.18. The Hall–Kier alpha value is -1.64. The summed E-state index contributed by atoms with van der Waals surface area (Å²) in [6, 6.07) is 7.79. The standard InChI is InChI=1S/C14H19NO2/c1-10(2)12-5-7-13(8-6-12)15-14(17)9-4-11(3)16/h5-8,10H,4,9H2,1-3H3,(H,15,17). The first-order valence-electron chi connectivity index (χ1n) is 5.88. The third-order valence-electron chi connectivity index (χ3n) is 2.57. The summed E-state index contributed by atoms with van der Waals surface area (Å²) in [5.41, 5.74) is 2.02. The Bertz CT molecular complexity index is 393. The van der Waals surface area contributed by atoms with Crippen molar-refractivity contribution in [3.63, 3.8) is 0 Å². The summed E-state index contributed by atoms with van der Waals surface area (Å²) in [6.45, 7) is 5.74. The highest BCUT2D eigenvalue weighted by Gasteiger charge is 2.04. The zero-order valence-electron chi connectivity index (χ0n) is 10.6. The predicted octanol–water partition coefficient (Wildman–Crippen LogP) is 3.12. The second-order valence-electron chi connectivity index (χ2n) is 4.53. The van der Waals surface area contributed by atoms with Crippen LogP contribution in [0.5, 0.6) is 0 Å². The van der Waals surface area contributed by atoms with Crippen LogP contribution in [0.4, 0.5) is 5.69 Å². The molecule has 17 heavy (non-hydrogen) atoms. The van der Waals surface area contributed by atoms with Gasteiger partial charge < -0.3 is 10.1 Å². The molecule has 0 aliphatic heterocycles. The first-order chi connectivity index (χ1) is 7.99. The van der Waals surface area contributed by atoms with Gasteiger partial charge >= 0.3 is 0 Å². The van der Waals surface area contributed by atoms with Crippen molar-refractivity contribution in [3.8, 4) is 0 Å². The van der Waals surface area contributed by atoms with Crippen molar-refractivity contribution in [1.29, 1.82) is 0 Å². The number of amides is 1. The quantitative estimate of drug-likeness (QED) is 0.849. The Kier molecular flexibility index (Phi) is 4.88. The topological polar surface area (TPSA) is 46.2 Å². The molecule has 1 N–H and O–H groups in total. The van der Waals surface area contributed by atoms with E-state index < -0.39 is 0 Å². The maximum absolute atomic E-state index is 11.5. The molecule has 0 aliphatic rings. The first kappa shape index (κ1) is 13.4. The molecule has 3 nitrogen and oxygen atoms in total. The summed E-state index contributed by atoms with van der Waals surface area (Å²) in [5.74, 6) is 0.408. The molecule has 1 amide bonds. The lowest BCUT2D eigenvalue weighted by Gasteiger charge is -2.08. The van der Waals surface area contributed by atoms with Crippen LogP contribution in [0.25, 0.3) is 0 Å². The molecule has 0 atom stereocenters. The first-order valence-corrected chi connectivity index (χ1v) is 5.88. The molecule has 0 radical (unpaired) electrons. The zero-order chi connectivity index (χ0) is 12.8. The Morgan fingerprint density at radius 1 is 1.12 bits per heavy atom. The molecule has 0 bridgehead atoms. The van der Waals surface area contributed by atoms with Gasteiger partial charge in [0.15, 0.2) is 0 Å². The van der Waals surface area contributed by atoms with Gasteiger partial charge in [0, 0.05) is 18.5 Å². The molecular formula is C14H19NO2. The number of nitrogens with one attached hydrogen (secondary N) is 1. The Labute approximate surface area is 102 Å². The number of rotatable bonds is 5. The number of carbonyl (C=O) groups is 2. The fraction of sp³-hybridized carbons (Fsp3) is 0.429. The normalized spacial score (nSPS) is 10.4. The monoisotopic (exact) mass is 233 g/mol. The van der Waals surface area contributed by atoms with Crippen LogP contribution in [-0.4, -0.2) is 11.7 Å². The van der Waals surface area contributed by atoms with Gasteiger partial charge in [-0.2, -0.15) is 0 Å². The van der Waals surface area contributed by atoms with Gasteiger partial charge in [-0.05, 0) is 30.5 Å². The number of benzene rings is 1. The molecule has 1 aromatic rings. The number of hydrogen-bond acceptors (Lipinski definition) is 2. The van der Waals surface area contributed by atoms with E-state index in [1.54, 1.807) is 0 Å². The van der Waals surface area contributed by atoms with Gasteiger partial charge in [0.1, 0.15) is 5.78 Å². The van der Waals surface area contributed by atoms with E-state index in [1.165, 1.54) is 12.5 Å². The van der Waals surface area contributed by atoms with Crippen molar-refractivity contribution < 1.29 is 9.59 Å². The SMILES string of the molecule is CC(=O)CCC(=O)Nc1ccc(C(C)C)cc1. The number of anilines is 1. The van der Waals surface area contributed by atoms with Crippen molar-refractivity contribution in [1.82, 2.24) is 0 Å². The zero-order valence-corrected chi connectivity index (χ0v) is 10.6. The molecular weight excluding hydrogens is 214 g/mol. The van der Waals surface area contributed by atoms with Crippen LogP contribution in [0, 0.1) is 0 Å². The molecule has 0 saturated heterocycles. The molecule has 1 aromatic carbocycles. The van der Waals surface area contributed by atoms with Crippen LogP contribution in [0.3, 0.4) is 0 Å². The second-order valence-corrected chi connectivity index (χ2v) is 4.53. The minimum Gasteiger partial charge on any atom is -0.326 e. The van der Waals surface area contributed by atoms with Crippen molar-refractivity contribution in [2.45, 2.75) is 39.5 Å². The lowest BCUT2D eigenvalue weighted by Crippen LogP contribution is -2.12. The van der Waals surface area contributed by atoms with Gasteiger partial charge in [0.25, 0.3) is 0 Å². The summed E-state index contributed by atoms with van der Waals surface area (Å²) in [5, 5.41) is 2.77. The van der Waals surface area contributed by atoms with Crippen LogP contribution >= 0.6 is 0 Å². The van der Waals surface area contributed by atoms with Crippen LogP contribution in [-0.2, 0) is 9.59 Å². The highest BCUT2D eigenvalue weighted by Crippen LogP contribution is 2.17. The molecule has 0 saturated carbocycles. The van der Waals surface area contributed by atoms with Gasteiger partial charge in [-0.15, -0.1) is 0 Å². The van der Waals surface area contributed by atoms with Gasteiger partial charge in [-0.3, -0.25) is 4.79 Å². The highest BCUT2D eigenvalue weighted by molar-refractivity contribution is 5.93. The fourth-order valence-electron chi connectivity index (χ4n) is 1.46. The number of ketones is 1. The van der Waals surface area contributed by atoms with Crippen molar-refractivity contribution in [3.05, 3.63) is 29.8 Å². The summed E-state index contributed by atoms with van der Waals surface area (Å²) >= 11 is 0. The Morgan fingerprint density at radius 2 is 1.71 bits per heavy atom. The van der Waals surface area contributed by atoms with Crippen LogP contribution in [0.2, 0.25) is 0 Å². The van der Waals surface area contributed by atoms with E-state index in [-0.39, 0.29) is 18.1 Å². The Morgan fingerprint density at radius 3 is 2.18 bits per heavy atom. The lowest BCUT2D eigenvalue weighted by atomic mass is 10.0. The lowest BCUT2D eigenvalue weighted by molar-refractivity contribution is -0.121. The van der Waals surface area contributed by atoms with E-state index in [0.717, 1.165) is 5.69 Å².